The third kappa shape index (κ3) is 2.98. The summed E-state index contributed by atoms with van der Waals surface area (Å²) in [6, 6.07) is 5.46. The molecule has 2 aromatic heterocycles. The van der Waals surface area contributed by atoms with Crippen LogP contribution in [0.2, 0.25) is 0 Å². The molecule has 0 saturated carbocycles. The lowest BCUT2D eigenvalue weighted by Gasteiger charge is -2.27. The van der Waals surface area contributed by atoms with Crippen LogP contribution in [0.1, 0.15) is 24.1 Å². The van der Waals surface area contributed by atoms with Gasteiger partial charge in [0, 0.05) is 25.0 Å². The van der Waals surface area contributed by atoms with Crippen molar-refractivity contribution in [3.05, 3.63) is 41.7 Å². The number of rotatable bonds is 4. The van der Waals surface area contributed by atoms with Crippen molar-refractivity contribution in [2.24, 2.45) is 7.05 Å². The lowest BCUT2D eigenvalue weighted by Crippen LogP contribution is -2.35. The molecule has 0 aliphatic carbocycles. The largest absolute Gasteiger partial charge is 0.375 e. The number of sulfonamides is 1. The molecule has 4 rings (SSSR count). The Balaban J connectivity index is 1.80. The lowest BCUT2D eigenvalue weighted by atomic mass is 9.94. The fourth-order valence-corrected chi connectivity index (χ4v) is 3.97. The zero-order valence-electron chi connectivity index (χ0n) is 14.5. The molecule has 1 unspecified atom stereocenters. The minimum absolute atomic E-state index is 0.0239. The predicted molar refractivity (Wildman–Crippen MR) is 96.7 cm³/mol. The maximum atomic E-state index is 12.0. The number of hydrogen-bond donors (Lipinski definition) is 1. The highest BCUT2D eigenvalue weighted by molar-refractivity contribution is 7.89. The van der Waals surface area contributed by atoms with Gasteiger partial charge in [0.1, 0.15) is 5.52 Å². The molecule has 0 fully saturated rings. The number of aromatic nitrogens is 4. The van der Waals surface area contributed by atoms with E-state index < -0.39 is 16.1 Å². The SMILES string of the molecule is CCS(=O)(=O)NC1COCc2c(-c3ccc4nnn(C)c4c3)cncc21. The fourth-order valence-electron chi connectivity index (χ4n) is 3.18. The first-order valence-corrected chi connectivity index (χ1v) is 9.98. The number of pyridine rings is 1. The third-order valence-corrected chi connectivity index (χ3v) is 6.02. The Morgan fingerprint density at radius 3 is 3.00 bits per heavy atom. The van der Waals surface area contributed by atoms with Gasteiger partial charge in [0.15, 0.2) is 0 Å². The minimum atomic E-state index is -3.34. The standard InChI is InChI=1S/C17H19N5O3S/c1-3-26(23,24)20-16-10-25-9-14-12(7-18-8-13(14)16)11-4-5-15-17(6-11)22(2)21-19-15/h4-8,16,20H,3,9-10H2,1-2H3. The maximum absolute atomic E-state index is 12.0. The highest BCUT2D eigenvalue weighted by atomic mass is 32.2. The predicted octanol–water partition coefficient (Wildman–Crippen LogP) is 1.54. The summed E-state index contributed by atoms with van der Waals surface area (Å²) in [6.45, 7) is 2.32. The summed E-state index contributed by atoms with van der Waals surface area (Å²) in [6.07, 6.45) is 3.50. The van der Waals surface area contributed by atoms with E-state index in [0.29, 0.717) is 13.2 Å². The van der Waals surface area contributed by atoms with E-state index in [0.717, 1.165) is 33.3 Å². The number of ether oxygens (including phenoxy) is 1. The average Bonchev–Trinajstić information content (AvgIpc) is 3.02. The van der Waals surface area contributed by atoms with Crippen molar-refractivity contribution >= 4 is 21.1 Å². The smallest absolute Gasteiger partial charge is 0.211 e. The second-order valence-electron chi connectivity index (χ2n) is 6.26. The molecule has 9 heteroatoms. The van der Waals surface area contributed by atoms with Crippen LogP contribution in [0.5, 0.6) is 0 Å². The van der Waals surface area contributed by atoms with E-state index in [9.17, 15) is 8.42 Å². The molecule has 1 aliphatic heterocycles. The summed E-state index contributed by atoms with van der Waals surface area (Å²) in [5.74, 6) is 0.0239. The molecule has 26 heavy (non-hydrogen) atoms. The van der Waals surface area contributed by atoms with Gasteiger partial charge in [-0.05, 0) is 35.7 Å². The van der Waals surface area contributed by atoms with Gasteiger partial charge in [0.25, 0.3) is 0 Å². The van der Waals surface area contributed by atoms with Gasteiger partial charge in [-0.1, -0.05) is 11.3 Å². The lowest BCUT2D eigenvalue weighted by molar-refractivity contribution is 0.0884. The summed E-state index contributed by atoms with van der Waals surface area (Å²) >= 11 is 0. The normalized spacial score (nSPS) is 17.4. The first-order valence-electron chi connectivity index (χ1n) is 8.33. The zero-order chi connectivity index (χ0) is 18.3. The molecule has 3 heterocycles. The van der Waals surface area contributed by atoms with E-state index >= 15 is 0 Å². The topological polar surface area (TPSA) is 99.0 Å². The van der Waals surface area contributed by atoms with Crippen LogP contribution in [0.25, 0.3) is 22.2 Å². The Morgan fingerprint density at radius 1 is 1.35 bits per heavy atom. The molecule has 0 saturated heterocycles. The van der Waals surface area contributed by atoms with Crippen LogP contribution in [0.3, 0.4) is 0 Å². The first kappa shape index (κ1) is 17.1. The Morgan fingerprint density at radius 2 is 2.19 bits per heavy atom. The molecule has 1 N–H and O–H groups in total. The summed E-state index contributed by atoms with van der Waals surface area (Å²) in [5.41, 5.74) is 5.43. The minimum Gasteiger partial charge on any atom is -0.375 e. The molecule has 0 amide bonds. The van der Waals surface area contributed by atoms with E-state index in [1.54, 1.807) is 24.0 Å². The average molecular weight is 373 g/mol. The van der Waals surface area contributed by atoms with Crippen LogP contribution in [-0.2, 0) is 28.4 Å². The van der Waals surface area contributed by atoms with Crippen LogP contribution >= 0.6 is 0 Å². The van der Waals surface area contributed by atoms with E-state index in [2.05, 4.69) is 20.0 Å². The van der Waals surface area contributed by atoms with Crippen molar-refractivity contribution in [3.63, 3.8) is 0 Å². The summed E-state index contributed by atoms with van der Waals surface area (Å²) in [4.78, 5) is 4.34. The highest BCUT2D eigenvalue weighted by Gasteiger charge is 2.27. The van der Waals surface area contributed by atoms with Gasteiger partial charge in [-0.15, -0.1) is 5.10 Å². The van der Waals surface area contributed by atoms with Gasteiger partial charge >= 0.3 is 0 Å². The van der Waals surface area contributed by atoms with Crippen molar-refractivity contribution in [1.82, 2.24) is 24.7 Å². The number of nitrogens with zero attached hydrogens (tertiary/aromatic N) is 4. The van der Waals surface area contributed by atoms with Crippen LogP contribution in [0.15, 0.2) is 30.6 Å². The Bertz CT molecular complexity index is 1080. The van der Waals surface area contributed by atoms with Gasteiger partial charge in [-0.2, -0.15) is 0 Å². The molecule has 1 aliphatic rings. The fraction of sp³-hybridized carbons (Fsp3) is 0.353. The van der Waals surface area contributed by atoms with Crippen molar-refractivity contribution < 1.29 is 13.2 Å². The molecule has 1 aromatic carbocycles. The quantitative estimate of drug-likeness (QED) is 0.745. The number of hydrogen-bond acceptors (Lipinski definition) is 6. The maximum Gasteiger partial charge on any atom is 0.211 e. The van der Waals surface area contributed by atoms with E-state index in [1.807, 2.05) is 25.2 Å². The van der Waals surface area contributed by atoms with Crippen LogP contribution in [-0.4, -0.2) is 40.8 Å². The Labute approximate surface area is 151 Å². The van der Waals surface area contributed by atoms with E-state index in [4.69, 9.17) is 4.74 Å². The van der Waals surface area contributed by atoms with E-state index in [1.165, 1.54) is 0 Å². The second-order valence-corrected chi connectivity index (χ2v) is 8.30. The summed E-state index contributed by atoms with van der Waals surface area (Å²) in [7, 11) is -1.50. The molecule has 8 nitrogen and oxygen atoms in total. The molecule has 1 atom stereocenters. The third-order valence-electron chi connectivity index (χ3n) is 4.62. The molecule has 136 valence electrons. The van der Waals surface area contributed by atoms with Gasteiger partial charge in [0.2, 0.25) is 10.0 Å². The number of fused-ring (bicyclic) bond motifs is 2. The summed E-state index contributed by atoms with van der Waals surface area (Å²) in [5, 5.41) is 8.13. The highest BCUT2D eigenvalue weighted by Crippen LogP contribution is 2.33. The number of benzene rings is 1. The molecular formula is C17H19N5O3S. The second kappa shape index (κ2) is 6.42. The monoisotopic (exact) mass is 373 g/mol. The van der Waals surface area contributed by atoms with Crippen molar-refractivity contribution in [2.45, 2.75) is 19.6 Å². The van der Waals surface area contributed by atoms with Crippen LogP contribution < -0.4 is 4.72 Å². The van der Waals surface area contributed by atoms with Crippen molar-refractivity contribution in [2.75, 3.05) is 12.4 Å². The molecule has 0 bridgehead atoms. The Kier molecular flexibility index (Phi) is 4.22. The summed E-state index contributed by atoms with van der Waals surface area (Å²) < 4.78 is 34.1. The van der Waals surface area contributed by atoms with Crippen LogP contribution in [0, 0.1) is 0 Å². The molecular weight excluding hydrogens is 354 g/mol. The number of aryl methyl sites for hydroxylation is 1. The molecule has 0 spiro atoms. The van der Waals surface area contributed by atoms with Gasteiger partial charge in [-0.25, -0.2) is 17.8 Å². The molecule has 3 aromatic rings. The van der Waals surface area contributed by atoms with Crippen molar-refractivity contribution in [3.8, 4) is 11.1 Å². The first-order chi connectivity index (χ1) is 12.5. The zero-order valence-corrected chi connectivity index (χ0v) is 15.3. The van der Waals surface area contributed by atoms with Crippen molar-refractivity contribution in [1.29, 1.82) is 0 Å². The number of nitrogens with one attached hydrogen (secondary N) is 1. The van der Waals surface area contributed by atoms with Gasteiger partial charge < -0.3 is 4.74 Å². The van der Waals surface area contributed by atoms with Gasteiger partial charge in [0.05, 0.1) is 30.5 Å². The van der Waals surface area contributed by atoms with E-state index in [-0.39, 0.29) is 5.75 Å². The van der Waals surface area contributed by atoms with Gasteiger partial charge in [-0.3, -0.25) is 4.98 Å². The molecule has 0 radical (unpaired) electrons. The Hall–Kier alpha value is -2.36. The van der Waals surface area contributed by atoms with Crippen LogP contribution in [0.4, 0.5) is 0 Å².